The second-order valence-corrected chi connectivity index (χ2v) is 4.43. The van der Waals surface area contributed by atoms with Gasteiger partial charge in [0.2, 0.25) is 0 Å². The number of carbonyl (C=O) groups excluding carboxylic acids is 1. The zero-order chi connectivity index (χ0) is 14.8. The number of hydrogen-bond donors (Lipinski definition) is 1. The van der Waals surface area contributed by atoms with Crippen molar-refractivity contribution in [1.82, 2.24) is 0 Å². The molecule has 0 aliphatic heterocycles. The van der Waals surface area contributed by atoms with E-state index in [2.05, 4.69) is 5.32 Å². The molecule has 0 saturated heterocycles. The number of amides is 1. The van der Waals surface area contributed by atoms with E-state index in [1.54, 1.807) is 18.2 Å². The van der Waals surface area contributed by atoms with Crippen LogP contribution in [-0.4, -0.2) is 5.91 Å². The Balaban J connectivity index is 1.95. The topological polar surface area (TPSA) is 59.3 Å². The molecule has 0 spiro atoms. The molecule has 3 aromatic rings. The molecule has 2 aromatic carbocycles. The first-order valence-electron chi connectivity index (χ1n) is 6.22. The van der Waals surface area contributed by atoms with E-state index in [1.165, 1.54) is 36.6 Å². The normalized spacial score (nSPS) is 10.5. The summed E-state index contributed by atoms with van der Waals surface area (Å²) >= 11 is 0. The third-order valence-electron chi connectivity index (χ3n) is 3.04. The minimum atomic E-state index is -0.602. The fourth-order valence-electron chi connectivity index (χ4n) is 2.01. The van der Waals surface area contributed by atoms with Gasteiger partial charge < -0.3 is 9.73 Å². The van der Waals surface area contributed by atoms with Crippen molar-refractivity contribution in [3.8, 4) is 0 Å². The van der Waals surface area contributed by atoms with E-state index in [1.807, 2.05) is 0 Å². The zero-order valence-electron chi connectivity index (χ0n) is 10.8. The van der Waals surface area contributed by atoms with Crippen LogP contribution in [0.2, 0.25) is 0 Å². The first-order chi connectivity index (χ1) is 10.1. The van der Waals surface area contributed by atoms with Crippen molar-refractivity contribution in [1.29, 1.82) is 0 Å². The monoisotopic (exact) mass is 283 g/mol. The standard InChI is InChI=1S/C16H10FNO3/c17-13-4-2-1-3-11(13)16(20)18-10-5-6-15-12(9-10)14(19)7-8-21-15/h1-9H,(H,18,20). The number of anilines is 1. The van der Waals surface area contributed by atoms with Crippen molar-refractivity contribution in [2.24, 2.45) is 0 Å². The predicted octanol–water partition coefficient (Wildman–Crippen LogP) is 3.18. The van der Waals surface area contributed by atoms with Gasteiger partial charge in [-0.05, 0) is 30.3 Å². The molecular formula is C16H10FNO3. The minimum absolute atomic E-state index is 0.0577. The fraction of sp³-hybridized carbons (Fsp3) is 0. The van der Waals surface area contributed by atoms with Gasteiger partial charge in [-0.1, -0.05) is 12.1 Å². The number of hydrogen-bond acceptors (Lipinski definition) is 3. The van der Waals surface area contributed by atoms with Crippen LogP contribution < -0.4 is 10.7 Å². The lowest BCUT2D eigenvalue weighted by Crippen LogP contribution is -2.13. The van der Waals surface area contributed by atoms with E-state index in [4.69, 9.17) is 4.42 Å². The highest BCUT2D eigenvalue weighted by atomic mass is 19.1. The highest BCUT2D eigenvalue weighted by molar-refractivity contribution is 6.05. The quantitative estimate of drug-likeness (QED) is 0.785. The molecule has 3 rings (SSSR count). The van der Waals surface area contributed by atoms with Gasteiger partial charge in [-0.3, -0.25) is 9.59 Å². The molecule has 104 valence electrons. The summed E-state index contributed by atoms with van der Waals surface area (Å²) in [5.41, 5.74) is 0.552. The van der Waals surface area contributed by atoms with Crippen molar-refractivity contribution in [2.45, 2.75) is 0 Å². The molecule has 0 fully saturated rings. The Bertz CT molecular complexity index is 886. The molecule has 1 amide bonds. The molecule has 0 radical (unpaired) electrons. The van der Waals surface area contributed by atoms with Crippen LogP contribution in [0.15, 0.2) is 64.0 Å². The summed E-state index contributed by atoms with van der Waals surface area (Å²) in [7, 11) is 0. The maximum Gasteiger partial charge on any atom is 0.258 e. The smallest absolute Gasteiger partial charge is 0.258 e. The number of nitrogens with one attached hydrogen (secondary N) is 1. The average molecular weight is 283 g/mol. The van der Waals surface area contributed by atoms with E-state index >= 15 is 0 Å². The van der Waals surface area contributed by atoms with Crippen molar-refractivity contribution in [3.05, 3.63) is 76.4 Å². The minimum Gasteiger partial charge on any atom is -0.464 e. The second kappa shape index (κ2) is 5.20. The second-order valence-electron chi connectivity index (χ2n) is 4.43. The predicted molar refractivity (Wildman–Crippen MR) is 76.8 cm³/mol. The summed E-state index contributed by atoms with van der Waals surface area (Å²) in [6.07, 6.45) is 1.31. The van der Waals surface area contributed by atoms with Crippen LogP contribution in [0.25, 0.3) is 11.0 Å². The van der Waals surface area contributed by atoms with Crippen LogP contribution in [0, 0.1) is 5.82 Å². The molecule has 0 bridgehead atoms. The van der Waals surface area contributed by atoms with Crippen molar-refractivity contribution in [2.75, 3.05) is 5.32 Å². The Labute approximate surface area is 118 Å². The van der Waals surface area contributed by atoms with Crippen molar-refractivity contribution < 1.29 is 13.6 Å². The van der Waals surface area contributed by atoms with E-state index < -0.39 is 11.7 Å². The molecule has 5 heteroatoms. The molecule has 1 N–H and O–H groups in total. The highest BCUT2D eigenvalue weighted by Crippen LogP contribution is 2.17. The van der Waals surface area contributed by atoms with Gasteiger partial charge in [0, 0.05) is 11.8 Å². The number of rotatable bonds is 2. The van der Waals surface area contributed by atoms with Crippen molar-refractivity contribution >= 4 is 22.6 Å². The van der Waals surface area contributed by atoms with Gasteiger partial charge >= 0.3 is 0 Å². The third kappa shape index (κ3) is 2.53. The molecule has 21 heavy (non-hydrogen) atoms. The maximum absolute atomic E-state index is 13.5. The molecule has 0 aliphatic carbocycles. The molecule has 0 aliphatic rings. The summed E-state index contributed by atoms with van der Waals surface area (Å²) in [5.74, 6) is -1.18. The summed E-state index contributed by atoms with van der Waals surface area (Å²) < 4.78 is 18.7. The average Bonchev–Trinajstić information content (AvgIpc) is 2.48. The van der Waals surface area contributed by atoms with E-state index in [-0.39, 0.29) is 11.0 Å². The number of fused-ring (bicyclic) bond motifs is 1. The van der Waals surface area contributed by atoms with Crippen LogP contribution in [-0.2, 0) is 0 Å². The van der Waals surface area contributed by atoms with Crippen LogP contribution in [0.1, 0.15) is 10.4 Å². The molecule has 0 saturated carbocycles. The highest BCUT2D eigenvalue weighted by Gasteiger charge is 2.11. The first-order valence-corrected chi connectivity index (χ1v) is 6.22. The zero-order valence-corrected chi connectivity index (χ0v) is 10.8. The molecular weight excluding hydrogens is 273 g/mol. The Hall–Kier alpha value is -2.95. The molecule has 0 atom stereocenters. The summed E-state index contributed by atoms with van der Waals surface area (Å²) in [5, 5.41) is 2.91. The van der Waals surface area contributed by atoms with Crippen LogP contribution in [0.3, 0.4) is 0 Å². The van der Waals surface area contributed by atoms with Gasteiger partial charge in [0.25, 0.3) is 5.91 Å². The van der Waals surface area contributed by atoms with Crippen LogP contribution in [0.5, 0.6) is 0 Å². The fourth-order valence-corrected chi connectivity index (χ4v) is 2.01. The third-order valence-corrected chi connectivity index (χ3v) is 3.04. The Morgan fingerprint density at radius 3 is 2.71 bits per heavy atom. The Morgan fingerprint density at radius 2 is 1.90 bits per heavy atom. The largest absolute Gasteiger partial charge is 0.464 e. The van der Waals surface area contributed by atoms with E-state index in [0.717, 1.165) is 0 Å². The molecule has 1 heterocycles. The number of halogens is 1. The van der Waals surface area contributed by atoms with E-state index in [0.29, 0.717) is 16.7 Å². The summed E-state index contributed by atoms with van der Waals surface area (Å²) in [6, 6.07) is 11.6. The van der Waals surface area contributed by atoms with Gasteiger partial charge in [-0.15, -0.1) is 0 Å². The van der Waals surface area contributed by atoms with Crippen LogP contribution >= 0.6 is 0 Å². The van der Waals surface area contributed by atoms with Gasteiger partial charge in [-0.2, -0.15) is 0 Å². The summed E-state index contributed by atoms with van der Waals surface area (Å²) in [6.45, 7) is 0. The van der Waals surface area contributed by atoms with Gasteiger partial charge in [0.1, 0.15) is 11.4 Å². The Morgan fingerprint density at radius 1 is 1.10 bits per heavy atom. The lowest BCUT2D eigenvalue weighted by atomic mass is 10.1. The molecule has 4 nitrogen and oxygen atoms in total. The van der Waals surface area contributed by atoms with E-state index in [9.17, 15) is 14.0 Å². The van der Waals surface area contributed by atoms with Gasteiger partial charge in [0.05, 0.1) is 17.2 Å². The lowest BCUT2D eigenvalue weighted by molar-refractivity contribution is 0.102. The molecule has 0 unspecified atom stereocenters. The number of carbonyl (C=O) groups is 1. The maximum atomic E-state index is 13.5. The summed E-state index contributed by atoms with van der Waals surface area (Å²) in [4.78, 5) is 23.7. The first kappa shape index (κ1) is 13.1. The molecule has 1 aromatic heterocycles. The van der Waals surface area contributed by atoms with Crippen LogP contribution in [0.4, 0.5) is 10.1 Å². The Kier molecular flexibility index (Phi) is 3.23. The van der Waals surface area contributed by atoms with Crippen molar-refractivity contribution in [3.63, 3.8) is 0 Å². The number of benzene rings is 2. The van der Waals surface area contributed by atoms with Gasteiger partial charge in [-0.25, -0.2) is 4.39 Å². The van der Waals surface area contributed by atoms with Gasteiger partial charge in [0.15, 0.2) is 5.43 Å². The lowest BCUT2D eigenvalue weighted by Gasteiger charge is -2.06. The SMILES string of the molecule is O=C(Nc1ccc2occc(=O)c2c1)c1ccccc1F.